The zero-order valence-electron chi connectivity index (χ0n) is 11.5. The molecule has 100 valence electrons. The van der Waals surface area contributed by atoms with Crippen LogP contribution in [0.2, 0.25) is 0 Å². The molecule has 18 heavy (non-hydrogen) atoms. The van der Waals surface area contributed by atoms with Crippen LogP contribution in [-0.2, 0) is 23.0 Å². The van der Waals surface area contributed by atoms with Crippen LogP contribution < -0.4 is 0 Å². The Morgan fingerprint density at radius 1 is 1.50 bits per heavy atom. The number of nitrogens with zero attached hydrogens (tertiary/aromatic N) is 2. The Hall–Kier alpha value is -1.16. The highest BCUT2D eigenvalue weighted by Gasteiger charge is 2.18. The van der Waals surface area contributed by atoms with Crippen molar-refractivity contribution in [3.8, 4) is 0 Å². The van der Waals surface area contributed by atoms with Crippen LogP contribution in [0, 0.1) is 13.8 Å². The van der Waals surface area contributed by atoms with E-state index in [0.29, 0.717) is 24.7 Å². The normalized spacial score (nSPS) is 19.4. The topological polar surface area (TPSA) is 44.1 Å². The first kappa shape index (κ1) is 13.3. The van der Waals surface area contributed by atoms with Crippen molar-refractivity contribution in [3.63, 3.8) is 0 Å². The molecular formula is C14H22N2O2. The Labute approximate surface area is 108 Å². The Morgan fingerprint density at radius 2 is 2.28 bits per heavy atom. The van der Waals surface area contributed by atoms with Crippen LogP contribution in [0.15, 0.2) is 0 Å². The first-order valence-corrected chi connectivity index (χ1v) is 6.70. The summed E-state index contributed by atoms with van der Waals surface area (Å²) in [6, 6.07) is 0. The highest BCUT2D eigenvalue weighted by atomic mass is 16.5. The summed E-state index contributed by atoms with van der Waals surface area (Å²) < 4.78 is 7.38. The fourth-order valence-electron chi connectivity index (χ4n) is 2.55. The van der Waals surface area contributed by atoms with Crippen LogP contribution in [0.1, 0.15) is 42.6 Å². The maximum absolute atomic E-state index is 12.0. The predicted molar refractivity (Wildman–Crippen MR) is 69.6 cm³/mol. The van der Waals surface area contributed by atoms with E-state index in [4.69, 9.17) is 4.74 Å². The van der Waals surface area contributed by atoms with E-state index in [1.54, 1.807) is 0 Å². The first-order valence-electron chi connectivity index (χ1n) is 6.70. The molecule has 1 aromatic rings. The second kappa shape index (κ2) is 5.65. The minimum atomic E-state index is 0.296. The van der Waals surface area contributed by atoms with Crippen molar-refractivity contribution in [2.24, 2.45) is 7.05 Å². The number of hydrogen-bond donors (Lipinski definition) is 0. The summed E-state index contributed by atoms with van der Waals surface area (Å²) in [7, 11) is 1.92. The van der Waals surface area contributed by atoms with Gasteiger partial charge in [-0.05, 0) is 33.1 Å². The van der Waals surface area contributed by atoms with Gasteiger partial charge in [0.25, 0.3) is 0 Å². The monoisotopic (exact) mass is 250 g/mol. The fraction of sp³-hybridized carbons (Fsp3) is 0.714. The summed E-state index contributed by atoms with van der Waals surface area (Å²) in [6.45, 7) is 4.85. The van der Waals surface area contributed by atoms with E-state index in [1.165, 1.54) is 0 Å². The first-order chi connectivity index (χ1) is 8.58. The molecule has 4 nitrogen and oxygen atoms in total. The average molecular weight is 250 g/mol. The maximum Gasteiger partial charge on any atom is 0.137 e. The molecule has 0 radical (unpaired) electrons. The lowest BCUT2D eigenvalue weighted by Crippen LogP contribution is -2.11. The number of ketones is 1. The van der Waals surface area contributed by atoms with Gasteiger partial charge >= 0.3 is 0 Å². The molecule has 2 rings (SSSR count). The van der Waals surface area contributed by atoms with E-state index < -0.39 is 0 Å². The summed E-state index contributed by atoms with van der Waals surface area (Å²) in [5.41, 5.74) is 3.16. The van der Waals surface area contributed by atoms with Crippen LogP contribution in [-0.4, -0.2) is 28.3 Å². The van der Waals surface area contributed by atoms with E-state index >= 15 is 0 Å². The van der Waals surface area contributed by atoms with Crippen LogP contribution in [0.25, 0.3) is 0 Å². The third-order valence-corrected chi connectivity index (χ3v) is 3.80. The quantitative estimate of drug-likeness (QED) is 0.804. The molecule has 1 saturated heterocycles. The molecule has 1 unspecified atom stereocenters. The Bertz CT molecular complexity index is 431. The largest absolute Gasteiger partial charge is 0.378 e. The van der Waals surface area contributed by atoms with Crippen LogP contribution >= 0.6 is 0 Å². The van der Waals surface area contributed by atoms with E-state index in [1.807, 2.05) is 25.6 Å². The van der Waals surface area contributed by atoms with Crippen molar-refractivity contribution in [3.05, 3.63) is 17.0 Å². The second-order valence-electron chi connectivity index (χ2n) is 5.16. The van der Waals surface area contributed by atoms with Gasteiger partial charge < -0.3 is 4.74 Å². The third kappa shape index (κ3) is 2.99. The van der Waals surface area contributed by atoms with Gasteiger partial charge in [-0.15, -0.1) is 0 Å². The highest BCUT2D eigenvalue weighted by molar-refractivity contribution is 5.81. The summed E-state index contributed by atoms with van der Waals surface area (Å²) in [5.74, 6) is 0.296. The van der Waals surface area contributed by atoms with Gasteiger partial charge in [-0.1, -0.05) is 0 Å². The van der Waals surface area contributed by atoms with Crippen molar-refractivity contribution in [2.45, 2.75) is 52.1 Å². The zero-order valence-corrected chi connectivity index (χ0v) is 11.5. The van der Waals surface area contributed by atoms with Gasteiger partial charge in [-0.2, -0.15) is 5.10 Å². The molecule has 1 atom stereocenters. The number of ether oxygens (including phenoxy) is 1. The molecule has 1 aliphatic rings. The molecule has 0 amide bonds. The van der Waals surface area contributed by atoms with Crippen LogP contribution in [0.3, 0.4) is 0 Å². The Kier molecular flexibility index (Phi) is 4.17. The third-order valence-electron chi connectivity index (χ3n) is 3.80. The molecule has 1 aliphatic heterocycles. The van der Waals surface area contributed by atoms with Crippen LogP contribution in [0.5, 0.6) is 0 Å². The number of hydrogen-bond acceptors (Lipinski definition) is 3. The lowest BCUT2D eigenvalue weighted by atomic mass is 10.0. The SMILES string of the molecule is Cc1nn(C)c(C)c1CC(=O)CCC1CCCO1. The smallest absolute Gasteiger partial charge is 0.137 e. The van der Waals surface area contributed by atoms with E-state index in [2.05, 4.69) is 5.10 Å². The minimum absolute atomic E-state index is 0.296. The van der Waals surface area contributed by atoms with Gasteiger partial charge in [0, 0.05) is 37.8 Å². The van der Waals surface area contributed by atoms with Gasteiger partial charge in [0.05, 0.1) is 11.8 Å². The summed E-state index contributed by atoms with van der Waals surface area (Å²) >= 11 is 0. The number of carbonyl (C=O) groups is 1. The molecule has 0 spiro atoms. The lowest BCUT2D eigenvalue weighted by Gasteiger charge is -2.08. The second-order valence-corrected chi connectivity index (χ2v) is 5.16. The molecule has 2 heterocycles. The van der Waals surface area contributed by atoms with Gasteiger partial charge in [0.2, 0.25) is 0 Å². The van der Waals surface area contributed by atoms with Gasteiger partial charge in [-0.25, -0.2) is 0 Å². The number of aryl methyl sites for hydroxylation is 2. The number of Topliss-reactive ketones (excluding diaryl/α,β-unsaturated/α-hetero) is 1. The van der Waals surface area contributed by atoms with E-state index in [-0.39, 0.29) is 0 Å². The summed E-state index contributed by atoms with van der Waals surface area (Å²) in [4.78, 5) is 12.0. The van der Waals surface area contributed by atoms with Crippen molar-refractivity contribution in [1.29, 1.82) is 0 Å². The van der Waals surface area contributed by atoms with Crippen molar-refractivity contribution in [1.82, 2.24) is 9.78 Å². The van der Waals surface area contributed by atoms with Crippen molar-refractivity contribution in [2.75, 3.05) is 6.61 Å². The molecule has 0 N–H and O–H groups in total. The summed E-state index contributed by atoms with van der Waals surface area (Å²) in [5, 5.41) is 4.34. The molecule has 1 fully saturated rings. The molecule has 0 aromatic carbocycles. The Balaban J connectivity index is 1.86. The standard InChI is InChI=1S/C14H22N2O2/c1-10-14(11(2)16(3)15-10)9-12(17)6-7-13-5-4-8-18-13/h13H,4-9H2,1-3H3. The van der Waals surface area contributed by atoms with Gasteiger partial charge in [0.1, 0.15) is 5.78 Å². The molecular weight excluding hydrogens is 228 g/mol. The Morgan fingerprint density at radius 3 is 2.83 bits per heavy atom. The molecule has 0 aliphatic carbocycles. The van der Waals surface area contributed by atoms with Gasteiger partial charge in [-0.3, -0.25) is 9.48 Å². The maximum atomic E-state index is 12.0. The van der Waals surface area contributed by atoms with Crippen molar-refractivity contribution < 1.29 is 9.53 Å². The number of rotatable bonds is 5. The minimum Gasteiger partial charge on any atom is -0.378 e. The lowest BCUT2D eigenvalue weighted by molar-refractivity contribution is -0.119. The number of aromatic nitrogens is 2. The van der Waals surface area contributed by atoms with Crippen molar-refractivity contribution >= 4 is 5.78 Å². The van der Waals surface area contributed by atoms with E-state index in [0.717, 1.165) is 42.8 Å². The molecule has 0 bridgehead atoms. The predicted octanol–water partition coefficient (Wildman–Crippen LogP) is 2.11. The molecule has 0 saturated carbocycles. The van der Waals surface area contributed by atoms with Crippen LogP contribution in [0.4, 0.5) is 0 Å². The van der Waals surface area contributed by atoms with Gasteiger partial charge in [0.15, 0.2) is 0 Å². The zero-order chi connectivity index (χ0) is 13.1. The number of carbonyl (C=O) groups excluding carboxylic acids is 1. The molecule has 1 aromatic heterocycles. The fourth-order valence-corrected chi connectivity index (χ4v) is 2.55. The molecule has 4 heteroatoms. The van der Waals surface area contributed by atoms with E-state index in [9.17, 15) is 4.79 Å². The average Bonchev–Trinajstić information content (AvgIpc) is 2.92. The summed E-state index contributed by atoms with van der Waals surface area (Å²) in [6.07, 6.45) is 4.57. The highest BCUT2D eigenvalue weighted by Crippen LogP contribution is 2.19.